The van der Waals surface area contributed by atoms with E-state index < -0.39 is 29.3 Å². The maximum Gasteiger partial charge on any atom is 0.573 e. The molecule has 0 unspecified atom stereocenters. The van der Waals surface area contributed by atoms with E-state index in [4.69, 9.17) is 0 Å². The van der Waals surface area contributed by atoms with Gasteiger partial charge in [0.15, 0.2) is 0 Å². The van der Waals surface area contributed by atoms with Gasteiger partial charge in [-0.05, 0) is 17.5 Å². The van der Waals surface area contributed by atoms with E-state index in [1.165, 1.54) is 29.5 Å². The minimum atomic E-state index is -4.88. The van der Waals surface area contributed by atoms with Crippen LogP contribution in [0.15, 0.2) is 57.6 Å². The summed E-state index contributed by atoms with van der Waals surface area (Å²) in [6.07, 6.45) is -3.91. The quantitative estimate of drug-likeness (QED) is 0.635. The minimum absolute atomic E-state index is 0.00475. The van der Waals surface area contributed by atoms with E-state index in [-0.39, 0.29) is 24.2 Å². The largest absolute Gasteiger partial charge is 0.573 e. The van der Waals surface area contributed by atoms with E-state index in [9.17, 15) is 27.6 Å². The number of carbonyl (C=O) groups excluding carboxylic acids is 1. The average Bonchev–Trinajstić information content (AvgIpc) is 3.16. The molecule has 2 aromatic heterocycles. The number of hydrogen-bond acceptors (Lipinski definition) is 5. The molecule has 0 aliphatic rings. The van der Waals surface area contributed by atoms with Crippen LogP contribution in [-0.2, 0) is 13.1 Å². The predicted octanol–water partition coefficient (Wildman–Crippen LogP) is 2.48. The third-order valence-electron chi connectivity index (χ3n) is 3.84. The van der Waals surface area contributed by atoms with Crippen LogP contribution < -0.4 is 21.3 Å². The lowest BCUT2D eigenvalue weighted by atomic mass is 10.2. The summed E-state index contributed by atoms with van der Waals surface area (Å²) in [5.74, 6) is -1.30. The van der Waals surface area contributed by atoms with Crippen LogP contribution in [-0.4, -0.2) is 21.8 Å². The van der Waals surface area contributed by atoms with Gasteiger partial charge in [-0.15, -0.1) is 24.5 Å². The van der Waals surface area contributed by atoms with Crippen LogP contribution >= 0.6 is 11.3 Å². The summed E-state index contributed by atoms with van der Waals surface area (Å²) < 4.78 is 42.3. The number of hydrogen-bond donors (Lipinski definition) is 2. The van der Waals surface area contributed by atoms with Gasteiger partial charge in [-0.3, -0.25) is 14.2 Å². The molecule has 0 bridgehead atoms. The Balaban J connectivity index is 1.79. The zero-order valence-corrected chi connectivity index (χ0v) is 15.5. The lowest BCUT2D eigenvalue weighted by Gasteiger charge is -2.13. The average molecular weight is 425 g/mol. The van der Waals surface area contributed by atoms with Crippen molar-refractivity contribution in [2.75, 3.05) is 0 Å². The number of ether oxygens (including phenoxy) is 1. The summed E-state index contributed by atoms with van der Waals surface area (Å²) >= 11 is 1.34. The number of nitrogens with zero attached hydrogens (tertiary/aromatic N) is 1. The number of nitrogens with one attached hydrogen (secondary N) is 2. The molecule has 0 radical (unpaired) electrons. The second kappa shape index (κ2) is 8.35. The first-order chi connectivity index (χ1) is 13.7. The number of aromatic amines is 1. The zero-order valence-electron chi connectivity index (χ0n) is 14.7. The van der Waals surface area contributed by atoms with E-state index in [0.29, 0.717) is 0 Å². The maximum atomic E-state index is 12.5. The normalized spacial score (nSPS) is 11.3. The Morgan fingerprint density at radius 2 is 1.93 bits per heavy atom. The fraction of sp³-hybridized carbons (Fsp3) is 0.167. The van der Waals surface area contributed by atoms with Gasteiger partial charge < -0.3 is 15.0 Å². The number of H-pyrrole nitrogens is 1. The SMILES string of the molecule is O=C(NCc1ccccc1OC(F)(F)F)c1c[nH]c(=O)n(Cc2cccs2)c1=O. The summed E-state index contributed by atoms with van der Waals surface area (Å²) in [5.41, 5.74) is -1.75. The molecule has 11 heteroatoms. The lowest BCUT2D eigenvalue weighted by molar-refractivity contribution is -0.274. The standard InChI is InChI=1S/C18H14F3N3O4S/c19-18(20,21)28-14-6-2-1-4-11(14)8-22-15(25)13-9-23-17(27)24(16(13)26)10-12-5-3-7-29-12/h1-7,9H,8,10H2,(H,22,25)(H,23,27). The van der Waals surface area contributed by atoms with Gasteiger partial charge in [0.1, 0.15) is 11.3 Å². The Kier molecular flexibility index (Phi) is 5.87. The molecule has 0 saturated heterocycles. The Bertz CT molecular complexity index is 1120. The van der Waals surface area contributed by atoms with Crippen LogP contribution in [0.4, 0.5) is 13.2 Å². The summed E-state index contributed by atoms with van der Waals surface area (Å²) in [6.45, 7) is -0.316. The van der Waals surface area contributed by atoms with Crippen molar-refractivity contribution in [1.82, 2.24) is 14.9 Å². The van der Waals surface area contributed by atoms with Crippen LogP contribution in [0.1, 0.15) is 20.8 Å². The fourth-order valence-corrected chi connectivity index (χ4v) is 3.21. The van der Waals surface area contributed by atoms with Crippen LogP contribution in [0, 0.1) is 0 Å². The molecule has 0 fully saturated rings. The fourth-order valence-electron chi connectivity index (χ4n) is 2.52. The van der Waals surface area contributed by atoms with Crippen LogP contribution in [0.3, 0.4) is 0 Å². The highest BCUT2D eigenvalue weighted by Gasteiger charge is 2.32. The highest BCUT2D eigenvalue weighted by molar-refractivity contribution is 7.09. The van der Waals surface area contributed by atoms with E-state index >= 15 is 0 Å². The predicted molar refractivity (Wildman–Crippen MR) is 99.0 cm³/mol. The first-order valence-corrected chi connectivity index (χ1v) is 9.09. The Morgan fingerprint density at radius 1 is 1.17 bits per heavy atom. The molecule has 1 aromatic carbocycles. The summed E-state index contributed by atoms with van der Waals surface area (Å²) in [4.78, 5) is 40.0. The van der Waals surface area contributed by atoms with Crippen molar-refractivity contribution in [2.45, 2.75) is 19.5 Å². The van der Waals surface area contributed by atoms with Crippen molar-refractivity contribution in [3.05, 3.63) is 84.8 Å². The monoisotopic (exact) mass is 425 g/mol. The third-order valence-corrected chi connectivity index (χ3v) is 4.70. The molecule has 1 amide bonds. The number of alkyl halides is 3. The smallest absolute Gasteiger partial charge is 0.405 e. The molecule has 0 saturated carbocycles. The van der Waals surface area contributed by atoms with Crippen LogP contribution in [0.5, 0.6) is 5.75 Å². The molecule has 0 aliphatic carbocycles. The molecular formula is C18H14F3N3O4S. The number of thiophene rings is 1. The van der Waals surface area contributed by atoms with Crippen molar-refractivity contribution in [1.29, 1.82) is 0 Å². The number of para-hydroxylation sites is 1. The molecule has 2 heterocycles. The molecule has 0 aliphatic heterocycles. The van der Waals surface area contributed by atoms with Gasteiger partial charge in [-0.2, -0.15) is 0 Å². The lowest BCUT2D eigenvalue weighted by Crippen LogP contribution is -2.40. The van der Waals surface area contributed by atoms with Gasteiger partial charge in [-0.25, -0.2) is 4.79 Å². The molecule has 152 valence electrons. The first-order valence-electron chi connectivity index (χ1n) is 8.21. The molecule has 3 aromatic rings. The maximum absolute atomic E-state index is 12.5. The van der Waals surface area contributed by atoms with Gasteiger partial charge in [0.25, 0.3) is 11.5 Å². The molecule has 2 N–H and O–H groups in total. The summed E-state index contributed by atoms with van der Waals surface area (Å²) in [7, 11) is 0. The van der Waals surface area contributed by atoms with Crippen molar-refractivity contribution >= 4 is 17.2 Å². The second-order valence-corrected chi connectivity index (χ2v) is 6.85. The number of aromatic nitrogens is 2. The number of halogens is 3. The number of benzene rings is 1. The topological polar surface area (TPSA) is 93.2 Å². The molecule has 0 spiro atoms. The van der Waals surface area contributed by atoms with E-state index in [0.717, 1.165) is 21.7 Å². The zero-order chi connectivity index (χ0) is 21.0. The van der Waals surface area contributed by atoms with Gasteiger partial charge in [-0.1, -0.05) is 24.3 Å². The van der Waals surface area contributed by atoms with Gasteiger partial charge in [0.2, 0.25) is 0 Å². The van der Waals surface area contributed by atoms with Crippen molar-refractivity contribution in [3.63, 3.8) is 0 Å². The van der Waals surface area contributed by atoms with Gasteiger partial charge in [0, 0.05) is 23.2 Å². The second-order valence-electron chi connectivity index (χ2n) is 5.82. The van der Waals surface area contributed by atoms with Crippen LogP contribution in [0.2, 0.25) is 0 Å². The third kappa shape index (κ3) is 5.13. The summed E-state index contributed by atoms with van der Waals surface area (Å²) in [5, 5.41) is 4.15. The Hall–Kier alpha value is -3.34. The number of amides is 1. The van der Waals surface area contributed by atoms with E-state index in [1.807, 2.05) is 0 Å². The highest BCUT2D eigenvalue weighted by atomic mass is 32.1. The molecule has 29 heavy (non-hydrogen) atoms. The first kappa shape index (κ1) is 20.4. The van der Waals surface area contributed by atoms with Crippen LogP contribution in [0.25, 0.3) is 0 Å². The summed E-state index contributed by atoms with van der Waals surface area (Å²) in [6, 6.07) is 8.81. The van der Waals surface area contributed by atoms with Crippen molar-refractivity contribution in [3.8, 4) is 5.75 Å². The van der Waals surface area contributed by atoms with E-state index in [2.05, 4.69) is 15.0 Å². The molecule has 7 nitrogen and oxygen atoms in total. The molecule has 3 rings (SSSR count). The molecule has 0 atom stereocenters. The number of rotatable bonds is 6. The number of carbonyl (C=O) groups is 1. The Morgan fingerprint density at radius 3 is 2.62 bits per heavy atom. The van der Waals surface area contributed by atoms with Crippen molar-refractivity contribution in [2.24, 2.45) is 0 Å². The minimum Gasteiger partial charge on any atom is -0.405 e. The van der Waals surface area contributed by atoms with Gasteiger partial charge in [0.05, 0.1) is 6.54 Å². The van der Waals surface area contributed by atoms with E-state index in [1.54, 1.807) is 17.5 Å². The van der Waals surface area contributed by atoms with Crippen molar-refractivity contribution < 1.29 is 22.7 Å². The highest BCUT2D eigenvalue weighted by Crippen LogP contribution is 2.26. The Labute approximate surface area is 165 Å². The van der Waals surface area contributed by atoms with Gasteiger partial charge >= 0.3 is 12.1 Å². The molecular weight excluding hydrogens is 411 g/mol.